The van der Waals surface area contributed by atoms with E-state index in [2.05, 4.69) is 11.6 Å². The number of aliphatic imine (C=N–C) groups is 1. The molecule has 2 N–H and O–H groups in total. The molecule has 0 atom stereocenters. The Labute approximate surface area is 71.9 Å². The number of hydrogen-bond acceptors (Lipinski definition) is 3. The third kappa shape index (κ3) is 7.52. The second-order valence-corrected chi connectivity index (χ2v) is 2.25. The van der Waals surface area contributed by atoms with Crippen molar-refractivity contribution in [3.8, 4) is 0 Å². The lowest BCUT2D eigenvalue weighted by Crippen LogP contribution is -2.04. The van der Waals surface area contributed by atoms with E-state index in [0.29, 0.717) is 18.3 Å². The highest BCUT2D eigenvalue weighted by Gasteiger charge is 1.85. The van der Waals surface area contributed by atoms with Gasteiger partial charge in [0.25, 0.3) is 0 Å². The van der Waals surface area contributed by atoms with Crippen molar-refractivity contribution < 1.29 is 4.74 Å². The van der Waals surface area contributed by atoms with Gasteiger partial charge in [-0.05, 0) is 19.0 Å². The van der Waals surface area contributed by atoms with Crippen LogP contribution in [0.5, 0.6) is 0 Å². The van der Waals surface area contributed by atoms with Crippen LogP contribution in [0.2, 0.25) is 0 Å². The van der Waals surface area contributed by atoms with Crippen molar-refractivity contribution in [2.75, 3.05) is 19.9 Å². The molecule has 11 heavy (non-hydrogen) atoms. The minimum absolute atomic E-state index is 0.283. The molecule has 0 heterocycles. The molecule has 0 aromatic heterocycles. The topological polar surface area (TPSA) is 47.6 Å². The van der Waals surface area contributed by atoms with Gasteiger partial charge < -0.3 is 10.5 Å². The fraction of sp³-hybridized carbons (Fsp3) is 0.571. The van der Waals surface area contributed by atoms with E-state index in [1.54, 1.807) is 0 Å². The molecular weight excluding hydrogens is 164 g/mol. The smallest absolute Gasteiger partial charge is 0.139 e. The summed E-state index contributed by atoms with van der Waals surface area (Å²) >= 11 is 5.51. The SMILES string of the molecule is C=CC(Cl)=NCOCCCN. The van der Waals surface area contributed by atoms with Crippen molar-refractivity contribution in [3.63, 3.8) is 0 Å². The van der Waals surface area contributed by atoms with E-state index in [4.69, 9.17) is 22.1 Å². The predicted octanol–water partition coefficient (Wildman–Crippen LogP) is 1.13. The molecule has 0 rings (SSSR count). The van der Waals surface area contributed by atoms with Gasteiger partial charge >= 0.3 is 0 Å². The molecule has 0 aliphatic heterocycles. The second-order valence-electron chi connectivity index (χ2n) is 1.86. The molecule has 4 heteroatoms. The third-order valence-electron chi connectivity index (χ3n) is 0.968. The first-order chi connectivity index (χ1) is 5.31. The molecule has 0 fully saturated rings. The van der Waals surface area contributed by atoms with E-state index in [0.717, 1.165) is 6.42 Å². The molecule has 0 aliphatic carbocycles. The molecular formula is C7H13ClN2O. The van der Waals surface area contributed by atoms with E-state index < -0.39 is 0 Å². The van der Waals surface area contributed by atoms with Crippen LogP contribution in [-0.2, 0) is 4.74 Å². The van der Waals surface area contributed by atoms with Crippen molar-refractivity contribution in [2.45, 2.75) is 6.42 Å². The van der Waals surface area contributed by atoms with Gasteiger partial charge in [0.1, 0.15) is 11.9 Å². The lowest BCUT2D eigenvalue weighted by atomic mass is 10.5. The summed E-state index contributed by atoms with van der Waals surface area (Å²) in [4.78, 5) is 3.82. The Morgan fingerprint density at radius 1 is 1.73 bits per heavy atom. The van der Waals surface area contributed by atoms with Crippen LogP contribution in [0, 0.1) is 0 Å². The maximum Gasteiger partial charge on any atom is 0.139 e. The molecule has 0 aliphatic rings. The van der Waals surface area contributed by atoms with Crippen LogP contribution in [0.25, 0.3) is 0 Å². The van der Waals surface area contributed by atoms with E-state index in [-0.39, 0.29) is 6.73 Å². The van der Waals surface area contributed by atoms with E-state index >= 15 is 0 Å². The Morgan fingerprint density at radius 2 is 2.45 bits per heavy atom. The van der Waals surface area contributed by atoms with E-state index in [1.165, 1.54) is 6.08 Å². The zero-order valence-corrected chi connectivity index (χ0v) is 7.18. The van der Waals surface area contributed by atoms with Crippen LogP contribution in [0.3, 0.4) is 0 Å². The number of hydrogen-bond donors (Lipinski definition) is 1. The molecule has 0 aromatic carbocycles. The van der Waals surface area contributed by atoms with Gasteiger partial charge in [-0.2, -0.15) is 0 Å². The number of allylic oxidation sites excluding steroid dienone is 1. The van der Waals surface area contributed by atoms with Crippen LogP contribution in [0.1, 0.15) is 6.42 Å². The van der Waals surface area contributed by atoms with Crippen molar-refractivity contribution in [1.29, 1.82) is 0 Å². The summed E-state index contributed by atoms with van der Waals surface area (Å²) in [7, 11) is 0. The highest BCUT2D eigenvalue weighted by molar-refractivity contribution is 6.68. The predicted molar refractivity (Wildman–Crippen MR) is 48.0 cm³/mol. The maximum atomic E-state index is 5.51. The lowest BCUT2D eigenvalue weighted by molar-refractivity contribution is 0.141. The number of nitrogens with two attached hydrogens (primary N) is 1. The van der Waals surface area contributed by atoms with Crippen LogP contribution < -0.4 is 5.73 Å². The average Bonchev–Trinajstić information content (AvgIpc) is 2.04. The molecule has 0 bridgehead atoms. The van der Waals surface area contributed by atoms with Crippen LogP contribution in [-0.4, -0.2) is 25.1 Å². The fourth-order valence-electron chi connectivity index (χ4n) is 0.422. The van der Waals surface area contributed by atoms with Crippen molar-refractivity contribution in [1.82, 2.24) is 0 Å². The first-order valence-electron chi connectivity index (χ1n) is 3.41. The van der Waals surface area contributed by atoms with Gasteiger partial charge in [0.05, 0.1) is 6.61 Å². The summed E-state index contributed by atoms with van der Waals surface area (Å²) in [5, 5.41) is 0.373. The van der Waals surface area contributed by atoms with Gasteiger partial charge in [0.15, 0.2) is 0 Å². The quantitative estimate of drug-likeness (QED) is 0.487. The summed E-state index contributed by atoms with van der Waals surface area (Å²) in [5.41, 5.74) is 5.24. The van der Waals surface area contributed by atoms with Crippen molar-refractivity contribution in [2.24, 2.45) is 10.7 Å². The molecule has 64 valence electrons. The van der Waals surface area contributed by atoms with Crippen molar-refractivity contribution in [3.05, 3.63) is 12.7 Å². The molecule has 0 aromatic rings. The Morgan fingerprint density at radius 3 is 3.00 bits per heavy atom. The minimum Gasteiger partial charge on any atom is -0.359 e. The number of ether oxygens (including phenoxy) is 1. The summed E-state index contributed by atoms with van der Waals surface area (Å²) in [6, 6.07) is 0. The largest absolute Gasteiger partial charge is 0.359 e. The standard InChI is InChI=1S/C7H13ClN2O/c1-2-7(8)10-6-11-5-3-4-9/h2H,1,3-6,9H2. The Kier molecular flexibility index (Phi) is 7.46. The number of rotatable bonds is 6. The Balaban J connectivity index is 3.19. The van der Waals surface area contributed by atoms with Gasteiger partial charge in [-0.15, -0.1) is 0 Å². The first kappa shape index (κ1) is 10.6. The van der Waals surface area contributed by atoms with Crippen LogP contribution in [0.15, 0.2) is 17.6 Å². The zero-order valence-electron chi connectivity index (χ0n) is 6.42. The van der Waals surface area contributed by atoms with E-state index in [1.807, 2.05) is 0 Å². The Bertz CT molecular complexity index is 136. The van der Waals surface area contributed by atoms with Crippen LogP contribution in [0.4, 0.5) is 0 Å². The van der Waals surface area contributed by atoms with Gasteiger partial charge in [0.2, 0.25) is 0 Å². The fourth-order valence-corrected chi connectivity index (χ4v) is 0.471. The first-order valence-corrected chi connectivity index (χ1v) is 3.79. The normalized spacial score (nSPS) is 11.6. The number of halogens is 1. The van der Waals surface area contributed by atoms with Crippen molar-refractivity contribution >= 4 is 16.8 Å². The molecule has 0 saturated carbocycles. The average molecular weight is 177 g/mol. The highest BCUT2D eigenvalue weighted by Crippen LogP contribution is 1.88. The Hall–Kier alpha value is -0.380. The molecule has 0 unspecified atom stereocenters. The summed E-state index contributed by atoms with van der Waals surface area (Å²) in [6.45, 7) is 4.98. The second kappa shape index (κ2) is 7.72. The molecule has 0 saturated heterocycles. The minimum atomic E-state index is 0.283. The summed E-state index contributed by atoms with van der Waals surface area (Å²) in [5.74, 6) is 0. The third-order valence-corrected chi connectivity index (χ3v) is 1.24. The molecule has 3 nitrogen and oxygen atoms in total. The van der Waals surface area contributed by atoms with Crippen LogP contribution >= 0.6 is 11.6 Å². The lowest BCUT2D eigenvalue weighted by Gasteiger charge is -1.97. The summed E-state index contributed by atoms with van der Waals surface area (Å²) < 4.78 is 5.05. The van der Waals surface area contributed by atoms with Gasteiger partial charge in [-0.1, -0.05) is 18.2 Å². The monoisotopic (exact) mass is 176 g/mol. The zero-order chi connectivity index (χ0) is 8.53. The summed E-state index contributed by atoms with van der Waals surface area (Å²) in [6.07, 6.45) is 2.31. The van der Waals surface area contributed by atoms with Gasteiger partial charge in [0, 0.05) is 0 Å². The van der Waals surface area contributed by atoms with Gasteiger partial charge in [-0.25, -0.2) is 4.99 Å². The maximum absolute atomic E-state index is 5.51. The van der Waals surface area contributed by atoms with E-state index in [9.17, 15) is 0 Å². The molecule has 0 spiro atoms. The molecule has 0 amide bonds. The highest BCUT2D eigenvalue weighted by atomic mass is 35.5. The number of nitrogens with zero attached hydrogens (tertiary/aromatic N) is 1. The van der Waals surface area contributed by atoms with Gasteiger partial charge in [-0.3, -0.25) is 0 Å². The molecule has 0 radical (unpaired) electrons.